The van der Waals surface area contributed by atoms with Gasteiger partial charge in [0, 0.05) is 18.7 Å². The number of carbonyl (C=O) groups is 2. The Kier molecular flexibility index (Phi) is 7.02. The molecule has 0 atom stereocenters. The Morgan fingerprint density at radius 3 is 2.32 bits per heavy atom. The van der Waals surface area contributed by atoms with E-state index in [-0.39, 0.29) is 36.9 Å². The van der Waals surface area contributed by atoms with E-state index in [1.807, 2.05) is 54.6 Å². The predicted molar refractivity (Wildman–Crippen MR) is 116 cm³/mol. The topological polar surface area (TPSA) is 106 Å². The summed E-state index contributed by atoms with van der Waals surface area (Å²) in [4.78, 5) is 28.1. The average molecular weight is 422 g/mol. The van der Waals surface area contributed by atoms with Crippen LogP contribution in [0.4, 0.5) is 0 Å². The highest BCUT2D eigenvalue weighted by Gasteiger charge is 2.16. The molecule has 0 fully saturated rings. The van der Waals surface area contributed by atoms with E-state index in [0.717, 1.165) is 5.56 Å². The number of rotatable bonds is 8. The second-order valence-electron chi connectivity index (χ2n) is 7.96. The SMILES string of the molecule is CC(C)(C)c1ccc(OCC(=O)NCCNC(=O)c2nc(-c3ccccc3)no2)cc1. The maximum Gasteiger partial charge on any atom is 0.316 e. The summed E-state index contributed by atoms with van der Waals surface area (Å²) in [6.45, 7) is 6.76. The standard InChI is InChI=1S/C23H26N4O4/c1-23(2,3)17-9-11-18(12-10-17)30-15-19(28)24-13-14-25-21(29)22-26-20(27-31-22)16-7-5-4-6-8-16/h4-12H,13-15H2,1-3H3,(H,24,28)(H,25,29). The van der Waals surface area contributed by atoms with Crippen LogP contribution in [-0.2, 0) is 10.2 Å². The lowest BCUT2D eigenvalue weighted by Gasteiger charge is -2.19. The predicted octanol–water partition coefficient (Wildman–Crippen LogP) is 2.96. The lowest BCUT2D eigenvalue weighted by molar-refractivity contribution is -0.123. The van der Waals surface area contributed by atoms with Gasteiger partial charge in [0.15, 0.2) is 6.61 Å². The fourth-order valence-electron chi connectivity index (χ4n) is 2.72. The molecule has 0 saturated carbocycles. The first-order chi connectivity index (χ1) is 14.8. The first-order valence-corrected chi connectivity index (χ1v) is 10.0. The van der Waals surface area contributed by atoms with Crippen molar-refractivity contribution in [1.82, 2.24) is 20.8 Å². The van der Waals surface area contributed by atoms with Gasteiger partial charge in [-0.15, -0.1) is 0 Å². The quantitative estimate of drug-likeness (QED) is 0.541. The van der Waals surface area contributed by atoms with Gasteiger partial charge < -0.3 is 19.9 Å². The summed E-state index contributed by atoms with van der Waals surface area (Å²) in [5.41, 5.74) is 2.01. The van der Waals surface area contributed by atoms with Crippen molar-refractivity contribution < 1.29 is 18.8 Å². The van der Waals surface area contributed by atoms with Gasteiger partial charge >= 0.3 is 11.8 Å². The molecule has 0 spiro atoms. The Morgan fingerprint density at radius 2 is 1.65 bits per heavy atom. The molecule has 162 valence electrons. The van der Waals surface area contributed by atoms with E-state index in [1.165, 1.54) is 5.56 Å². The highest BCUT2D eigenvalue weighted by atomic mass is 16.5. The molecule has 2 amide bonds. The molecule has 0 unspecified atom stereocenters. The molecule has 0 aliphatic carbocycles. The summed E-state index contributed by atoms with van der Waals surface area (Å²) in [6, 6.07) is 16.9. The normalized spacial score (nSPS) is 11.1. The summed E-state index contributed by atoms with van der Waals surface area (Å²) in [7, 11) is 0. The van der Waals surface area contributed by atoms with Gasteiger partial charge in [0.2, 0.25) is 5.82 Å². The maximum absolute atomic E-state index is 12.1. The minimum atomic E-state index is -0.501. The molecule has 8 nitrogen and oxygen atoms in total. The van der Waals surface area contributed by atoms with Crippen LogP contribution < -0.4 is 15.4 Å². The Labute approximate surface area is 181 Å². The summed E-state index contributed by atoms with van der Waals surface area (Å²) in [5, 5.41) is 9.11. The molecule has 0 aliphatic rings. The number of amides is 2. The van der Waals surface area contributed by atoms with Crippen LogP contribution in [-0.4, -0.2) is 41.7 Å². The summed E-state index contributed by atoms with van der Waals surface area (Å²) in [6.07, 6.45) is 0. The largest absolute Gasteiger partial charge is 0.484 e. The molecule has 0 radical (unpaired) electrons. The van der Waals surface area contributed by atoms with E-state index in [9.17, 15) is 9.59 Å². The third-order valence-corrected chi connectivity index (χ3v) is 4.48. The number of aromatic nitrogens is 2. The lowest BCUT2D eigenvalue weighted by atomic mass is 9.87. The molecule has 3 aromatic rings. The Hall–Kier alpha value is -3.68. The number of nitrogens with one attached hydrogen (secondary N) is 2. The van der Waals surface area contributed by atoms with Crippen molar-refractivity contribution in [3.63, 3.8) is 0 Å². The minimum absolute atomic E-state index is 0.0602. The zero-order chi connectivity index (χ0) is 22.3. The van der Waals surface area contributed by atoms with Gasteiger partial charge in [-0.2, -0.15) is 4.98 Å². The number of hydrogen-bond acceptors (Lipinski definition) is 6. The summed E-state index contributed by atoms with van der Waals surface area (Å²) >= 11 is 0. The van der Waals surface area contributed by atoms with Gasteiger partial charge in [-0.05, 0) is 23.1 Å². The third kappa shape index (κ3) is 6.40. The maximum atomic E-state index is 12.1. The van der Waals surface area contributed by atoms with Crippen LogP contribution in [0.2, 0.25) is 0 Å². The van der Waals surface area contributed by atoms with Crippen molar-refractivity contribution in [3.05, 3.63) is 66.1 Å². The number of benzene rings is 2. The first-order valence-electron chi connectivity index (χ1n) is 10.0. The molecule has 0 saturated heterocycles. The average Bonchev–Trinajstić information content (AvgIpc) is 3.26. The minimum Gasteiger partial charge on any atom is -0.484 e. The van der Waals surface area contributed by atoms with Crippen LogP contribution in [0.3, 0.4) is 0 Å². The number of carbonyl (C=O) groups excluding carboxylic acids is 2. The van der Waals surface area contributed by atoms with Crippen LogP contribution >= 0.6 is 0 Å². The van der Waals surface area contributed by atoms with Gasteiger partial charge in [-0.25, -0.2) is 0 Å². The van der Waals surface area contributed by atoms with Crippen LogP contribution in [0.15, 0.2) is 59.1 Å². The van der Waals surface area contributed by atoms with Gasteiger partial charge in [0.25, 0.3) is 5.91 Å². The second-order valence-corrected chi connectivity index (χ2v) is 7.96. The van der Waals surface area contributed by atoms with Crippen LogP contribution in [0, 0.1) is 0 Å². The molecule has 0 aliphatic heterocycles. The zero-order valence-electron chi connectivity index (χ0n) is 17.8. The fourth-order valence-corrected chi connectivity index (χ4v) is 2.72. The van der Waals surface area contributed by atoms with Gasteiger partial charge in [0.05, 0.1) is 0 Å². The van der Waals surface area contributed by atoms with E-state index in [1.54, 1.807) is 0 Å². The molecule has 1 aromatic heterocycles. The summed E-state index contributed by atoms with van der Waals surface area (Å²) in [5.74, 6) is 0.0541. The molecule has 2 aromatic carbocycles. The van der Waals surface area contributed by atoms with E-state index in [2.05, 4.69) is 41.5 Å². The molecule has 31 heavy (non-hydrogen) atoms. The highest BCUT2D eigenvalue weighted by molar-refractivity contribution is 5.89. The van der Waals surface area contributed by atoms with Crippen LogP contribution in [0.25, 0.3) is 11.4 Å². The van der Waals surface area contributed by atoms with E-state index in [4.69, 9.17) is 9.26 Å². The van der Waals surface area contributed by atoms with Gasteiger partial charge in [-0.3, -0.25) is 9.59 Å². The summed E-state index contributed by atoms with van der Waals surface area (Å²) < 4.78 is 10.5. The number of hydrogen-bond donors (Lipinski definition) is 2. The lowest BCUT2D eigenvalue weighted by Crippen LogP contribution is -2.36. The molecule has 3 rings (SSSR count). The van der Waals surface area contributed by atoms with Crippen molar-refractivity contribution in [3.8, 4) is 17.1 Å². The molecule has 8 heteroatoms. The number of ether oxygens (including phenoxy) is 1. The molecule has 0 bridgehead atoms. The molecular weight excluding hydrogens is 396 g/mol. The Balaban J connectivity index is 1.36. The monoisotopic (exact) mass is 422 g/mol. The smallest absolute Gasteiger partial charge is 0.316 e. The van der Waals surface area contributed by atoms with Crippen molar-refractivity contribution in [2.45, 2.75) is 26.2 Å². The van der Waals surface area contributed by atoms with Crippen molar-refractivity contribution in [1.29, 1.82) is 0 Å². The van der Waals surface area contributed by atoms with E-state index in [0.29, 0.717) is 11.6 Å². The molecule has 2 N–H and O–H groups in total. The van der Waals surface area contributed by atoms with E-state index < -0.39 is 5.91 Å². The van der Waals surface area contributed by atoms with Gasteiger partial charge in [-0.1, -0.05) is 68.4 Å². The second kappa shape index (κ2) is 9.88. The van der Waals surface area contributed by atoms with Crippen LogP contribution in [0.1, 0.15) is 37.0 Å². The van der Waals surface area contributed by atoms with Crippen LogP contribution in [0.5, 0.6) is 5.75 Å². The molecular formula is C23H26N4O4. The van der Waals surface area contributed by atoms with Crippen molar-refractivity contribution >= 4 is 11.8 Å². The molecule has 1 heterocycles. The fraction of sp³-hybridized carbons (Fsp3) is 0.304. The first kappa shape index (κ1) is 22.0. The Bertz CT molecular complexity index is 1010. The Morgan fingerprint density at radius 1 is 0.968 bits per heavy atom. The van der Waals surface area contributed by atoms with Gasteiger partial charge in [0.1, 0.15) is 5.75 Å². The third-order valence-electron chi connectivity index (χ3n) is 4.48. The van der Waals surface area contributed by atoms with Crippen molar-refractivity contribution in [2.75, 3.05) is 19.7 Å². The van der Waals surface area contributed by atoms with Crippen molar-refractivity contribution in [2.24, 2.45) is 0 Å². The number of nitrogens with zero attached hydrogens (tertiary/aromatic N) is 2. The zero-order valence-corrected chi connectivity index (χ0v) is 17.8. The van der Waals surface area contributed by atoms with E-state index >= 15 is 0 Å². The highest BCUT2D eigenvalue weighted by Crippen LogP contribution is 2.24.